The van der Waals surface area contributed by atoms with Gasteiger partial charge in [0, 0.05) is 5.54 Å². The Morgan fingerprint density at radius 1 is 0.345 bits per heavy atom. The van der Waals surface area contributed by atoms with E-state index >= 15 is 0 Å². The molecule has 13 rings (SSSR count). The molecular weight excluding hydrogens is 1400 g/mol. The lowest BCUT2D eigenvalue weighted by atomic mass is 9.45. The monoisotopic (exact) mass is 1600 g/mol. The predicted octanol–water partition coefficient (Wildman–Crippen LogP) is 28.8. The first-order chi connectivity index (χ1) is 50.7. The summed E-state index contributed by atoms with van der Waals surface area (Å²) in [7, 11) is 0. The number of rotatable bonds is 10. The van der Waals surface area contributed by atoms with Crippen LogP contribution >= 0.6 is 0 Å². The third kappa shape index (κ3) is 28.6. The van der Waals surface area contributed by atoms with Crippen molar-refractivity contribution in [3.63, 3.8) is 0 Å². The van der Waals surface area contributed by atoms with Crippen LogP contribution in [-0.4, -0.2) is 82.1 Å². The van der Waals surface area contributed by atoms with Gasteiger partial charge in [-0.2, -0.15) is 0 Å². The highest BCUT2D eigenvalue weighted by Crippen LogP contribution is 2.64. The van der Waals surface area contributed by atoms with Gasteiger partial charge < -0.3 is 36.4 Å². The molecule has 21 atom stereocenters. The Balaban J connectivity index is 0.000000427. The second-order valence-corrected chi connectivity index (χ2v) is 48.8. The van der Waals surface area contributed by atoms with Gasteiger partial charge in [-0.25, -0.2) is 8.78 Å². The largest absolute Gasteiger partial charge is 0.390 e. The zero-order valence-corrected chi connectivity index (χ0v) is 81.8. The fourth-order valence-corrected chi connectivity index (χ4v) is 27.4. The molecular formula is C104H205F2NO6. The molecule has 0 aliphatic heterocycles. The lowest BCUT2D eigenvalue weighted by Gasteiger charge is -2.60. The summed E-state index contributed by atoms with van der Waals surface area (Å²) in [5.74, 6) is 17.5. The van der Waals surface area contributed by atoms with Gasteiger partial charge in [0.15, 0.2) is 0 Å². The molecule has 0 radical (unpaired) electrons. The molecule has 0 aromatic rings. The second kappa shape index (κ2) is 43.3. The van der Waals surface area contributed by atoms with Crippen molar-refractivity contribution in [2.24, 2.45) is 175 Å². The molecule has 0 aromatic carbocycles. The van der Waals surface area contributed by atoms with Gasteiger partial charge >= 0.3 is 0 Å². The highest BCUT2D eigenvalue weighted by Gasteiger charge is 2.57. The van der Waals surface area contributed by atoms with Gasteiger partial charge in [-0.15, -0.1) is 0 Å². The zero-order chi connectivity index (χ0) is 86.8. The number of aliphatic hydroxyl groups excluding tert-OH is 2. The van der Waals surface area contributed by atoms with Gasteiger partial charge in [0.25, 0.3) is 0 Å². The Kier molecular flexibility index (Phi) is 41.6. The summed E-state index contributed by atoms with van der Waals surface area (Å²) in [5.41, 5.74) is 3.37. The Morgan fingerprint density at radius 2 is 0.735 bits per heavy atom. The van der Waals surface area contributed by atoms with Crippen LogP contribution in [-0.2, 0) is 0 Å². The van der Waals surface area contributed by atoms with E-state index in [4.69, 9.17) is 5.73 Å². The molecule has 13 saturated carbocycles. The third-order valence-electron chi connectivity index (χ3n) is 35.1. The highest BCUT2D eigenvalue weighted by molar-refractivity contribution is 5.08. The van der Waals surface area contributed by atoms with Gasteiger partial charge in [-0.3, -0.25) is 0 Å². The molecule has 0 saturated heterocycles. The molecule has 0 spiro atoms. The minimum absolute atomic E-state index is 0. The average Bonchev–Trinajstić information content (AvgIpc) is 1.73. The molecule has 13 aliphatic rings. The second-order valence-electron chi connectivity index (χ2n) is 48.8. The summed E-state index contributed by atoms with van der Waals surface area (Å²) in [6, 6.07) is 0. The van der Waals surface area contributed by atoms with Crippen molar-refractivity contribution >= 4 is 0 Å². The van der Waals surface area contributed by atoms with E-state index in [1.54, 1.807) is 46.0 Å². The molecule has 0 heterocycles. The van der Waals surface area contributed by atoms with E-state index in [1.807, 2.05) is 48.5 Å². The van der Waals surface area contributed by atoms with Crippen molar-refractivity contribution < 1.29 is 39.4 Å². The zero-order valence-electron chi connectivity index (χ0n) is 81.8. The summed E-state index contributed by atoms with van der Waals surface area (Å²) in [6.07, 6.45) is 33.4. The van der Waals surface area contributed by atoms with Crippen LogP contribution in [0.15, 0.2) is 0 Å². The van der Waals surface area contributed by atoms with E-state index in [-0.39, 0.29) is 40.9 Å². The summed E-state index contributed by atoms with van der Waals surface area (Å²) in [6.45, 7) is 80.9. The van der Waals surface area contributed by atoms with E-state index in [0.29, 0.717) is 82.3 Å². The van der Waals surface area contributed by atoms with Gasteiger partial charge in [-0.05, 0) is 359 Å². The molecule has 7 nitrogen and oxygen atoms in total. The lowest BCUT2D eigenvalue weighted by molar-refractivity contribution is -0.100. The van der Waals surface area contributed by atoms with Crippen molar-refractivity contribution in [3.8, 4) is 0 Å². The van der Waals surface area contributed by atoms with Gasteiger partial charge in [0.1, 0.15) is 11.3 Å². The minimum Gasteiger partial charge on any atom is -0.390 e. The lowest BCUT2D eigenvalue weighted by Crippen LogP contribution is -2.51. The normalized spacial score (nSPS) is 41.8. The fourth-order valence-electron chi connectivity index (χ4n) is 27.4. The van der Waals surface area contributed by atoms with Crippen LogP contribution in [0.25, 0.3) is 0 Å². The van der Waals surface area contributed by atoms with E-state index in [0.717, 1.165) is 128 Å². The summed E-state index contributed by atoms with van der Waals surface area (Å²) in [4.78, 5) is 0. The Labute approximate surface area is 705 Å². The molecule has 9 heteroatoms. The Hall–Kier alpha value is -0.420. The highest BCUT2D eigenvalue weighted by atomic mass is 19.1. The van der Waals surface area contributed by atoms with E-state index < -0.39 is 34.7 Å². The van der Waals surface area contributed by atoms with Crippen molar-refractivity contribution in [2.75, 3.05) is 0 Å². The van der Waals surface area contributed by atoms with Crippen molar-refractivity contribution in [3.05, 3.63) is 0 Å². The summed E-state index contributed by atoms with van der Waals surface area (Å²) < 4.78 is 27.6. The first-order valence-corrected chi connectivity index (χ1v) is 48.1. The standard InChI is InChI=1S/C14H24.C11H23N.C11H22O.C10H19FO.C10H20O2.C10H20O.C10H20.C9H17F.C9H18O.C9H18.CH4/c1-9(2)13-11-4-10-5-12(13)8-14(3,6-10)7-11;2*1-8(2)9-6-7-11(5,12)10(9,3)4;1-7(2)8-5-6-9(3,12)10(8,4)11;1-6(2)7-5-8(11)9(12)10(7,3)4;1-8(2)9-6-4-5-7-10(9,3)11;1-8(2)9-6-5-7-10(9,3)4;2*1-7(2)8-5-4-6-9(8,3)10;1-7(2)9-6-4-5-8(9)3;/h9-13H,4-8H2,1-3H3;8-9H,6-7,12H2,1-5H3;8-9,12H,6-7H2,1-5H3;7-8,12H,5-6H2,1-4H3;6-9,11-12H,5H2,1-4H3;8-9,11H,4-7H2,1-3H3;8-9H,5-7H2,1-4H3;7-8H,4-6H2,1-3H3;7-8,10H,4-6H2,1-3H3;7-9H,4-6H2,1-3H3;1H4/t;;9?,11-;8?,9-,10-;7?,8-,9-;;;2*8?,9-;;/m..011..01../s1. The topological polar surface area (TPSA) is 147 Å². The van der Waals surface area contributed by atoms with Crippen LogP contribution in [0, 0.1) is 169 Å². The number of alkyl halides is 2. The first-order valence-electron chi connectivity index (χ1n) is 48.1. The molecule has 0 amide bonds. The summed E-state index contributed by atoms with van der Waals surface area (Å²) in [5, 5.41) is 58.9. The number of hydrogen-bond acceptors (Lipinski definition) is 7. The van der Waals surface area contributed by atoms with Gasteiger partial charge in [-0.1, -0.05) is 254 Å². The van der Waals surface area contributed by atoms with E-state index in [9.17, 15) is 39.4 Å². The molecule has 4 bridgehead atoms. The van der Waals surface area contributed by atoms with E-state index in [2.05, 4.69) is 187 Å². The average molecular weight is 1600 g/mol. The summed E-state index contributed by atoms with van der Waals surface area (Å²) >= 11 is 0. The van der Waals surface area contributed by atoms with E-state index in [1.165, 1.54) is 96.8 Å². The smallest absolute Gasteiger partial charge is 0.139 e. The Morgan fingerprint density at radius 3 is 0.956 bits per heavy atom. The number of nitrogens with two attached hydrogens (primary N) is 1. The molecule has 676 valence electrons. The van der Waals surface area contributed by atoms with Crippen molar-refractivity contribution in [1.29, 1.82) is 0 Å². The molecule has 14 unspecified atom stereocenters. The molecule has 0 aromatic heterocycles. The van der Waals surface area contributed by atoms with Crippen LogP contribution in [0.4, 0.5) is 8.78 Å². The van der Waals surface area contributed by atoms with Gasteiger partial charge in [0.05, 0.1) is 34.6 Å². The van der Waals surface area contributed by atoms with Crippen LogP contribution in [0.1, 0.15) is 443 Å². The first kappa shape index (κ1) is 109. The number of aliphatic hydroxyl groups is 6. The number of halogens is 2. The van der Waals surface area contributed by atoms with Crippen LogP contribution < -0.4 is 5.73 Å². The maximum atomic E-state index is 14.1. The van der Waals surface area contributed by atoms with Gasteiger partial charge in [0.2, 0.25) is 0 Å². The van der Waals surface area contributed by atoms with Crippen molar-refractivity contribution in [1.82, 2.24) is 0 Å². The van der Waals surface area contributed by atoms with Crippen LogP contribution in [0.3, 0.4) is 0 Å². The quantitative estimate of drug-likeness (QED) is 0.115. The van der Waals surface area contributed by atoms with Crippen molar-refractivity contribution in [2.45, 2.75) is 495 Å². The predicted molar refractivity (Wildman–Crippen MR) is 488 cm³/mol. The third-order valence-corrected chi connectivity index (χ3v) is 35.1. The maximum absolute atomic E-state index is 14.1. The Bertz CT molecular complexity index is 2460. The van der Waals surface area contributed by atoms with Crippen LogP contribution in [0.5, 0.6) is 0 Å². The maximum Gasteiger partial charge on any atom is 0.139 e. The molecule has 13 aliphatic carbocycles. The van der Waals surface area contributed by atoms with Crippen LogP contribution in [0.2, 0.25) is 0 Å². The molecule has 8 N–H and O–H groups in total. The molecule has 113 heavy (non-hydrogen) atoms. The molecule has 13 fully saturated rings. The minimum atomic E-state index is -1.42. The SMILES string of the molecule is C.CC(C)C1C2CC3CC1CC(C)(C3)C2.CC(C)C1CCC(C)(N)C1(C)C.CC(C)C1CCCC1(C)C.CC(C)C1CCCC1C.CC(C)C1CCCCC1(C)O.CC(C)C1CCC[C@@]1(C)O.CC(C)C1CCC[C@]1(C)F.CC(C)C1CC[C@@](C)(O)[C@]1(C)F.CC(C)C1CC[C@](C)(O)C1(C)C.CC(C)C1C[C@@H](O)[C@@H](O)C1(C)C. The number of hydrogen-bond donors (Lipinski definition) is 7. The fraction of sp³-hybridized carbons (Fsp3) is 1.00.